The molecular formula is C22H23ClN4O2. The fraction of sp³-hybridized carbons (Fsp3) is 0.227. The molecule has 0 saturated carbocycles. The van der Waals surface area contributed by atoms with Crippen LogP contribution in [0.5, 0.6) is 0 Å². The number of imidazole rings is 1. The summed E-state index contributed by atoms with van der Waals surface area (Å²) in [5.41, 5.74) is 2.59. The van der Waals surface area contributed by atoms with Gasteiger partial charge >= 0.3 is 0 Å². The zero-order valence-corrected chi connectivity index (χ0v) is 16.9. The van der Waals surface area contributed by atoms with Crippen LogP contribution < -0.4 is 10.6 Å². The van der Waals surface area contributed by atoms with Gasteiger partial charge in [-0.25, -0.2) is 4.98 Å². The molecule has 0 aliphatic carbocycles. The summed E-state index contributed by atoms with van der Waals surface area (Å²) >= 11 is 5.81. The maximum atomic E-state index is 12.2. The molecule has 1 aromatic heterocycles. The average molecular weight is 411 g/mol. The van der Waals surface area contributed by atoms with Gasteiger partial charge in [-0.05, 0) is 55.3 Å². The molecule has 0 radical (unpaired) electrons. The number of carbonyl (C=O) groups excluding carboxylic acids is 2. The largest absolute Gasteiger partial charge is 0.352 e. The van der Waals surface area contributed by atoms with Gasteiger partial charge in [0.05, 0.1) is 12.4 Å². The summed E-state index contributed by atoms with van der Waals surface area (Å²) in [5, 5.41) is 6.39. The molecule has 29 heavy (non-hydrogen) atoms. The third-order valence-corrected chi connectivity index (χ3v) is 4.80. The van der Waals surface area contributed by atoms with E-state index < -0.39 is 0 Å². The Hall–Kier alpha value is -3.12. The molecule has 6 nitrogen and oxygen atoms in total. The maximum absolute atomic E-state index is 12.2. The highest BCUT2D eigenvalue weighted by molar-refractivity contribution is 6.30. The predicted octanol–water partition coefficient (Wildman–Crippen LogP) is 3.91. The SMILES string of the molecule is CC(NC(=O)CCCNC(=O)c1ccc(Cl)cc1)c1ccc(-n2ccnc2)cc1. The number of hydrogen-bond acceptors (Lipinski definition) is 3. The van der Waals surface area contributed by atoms with Gasteiger partial charge in [0.1, 0.15) is 0 Å². The summed E-state index contributed by atoms with van der Waals surface area (Å²) in [5.74, 6) is -0.217. The standard InChI is InChI=1S/C22H23ClN4O2/c1-16(17-6-10-20(11-7-17)27-14-13-24-15-27)26-21(28)3-2-12-25-22(29)18-4-8-19(23)9-5-18/h4-11,13-16H,2-3,12H2,1H3,(H,25,29)(H,26,28). The number of amides is 2. The second-order valence-corrected chi connectivity index (χ2v) is 7.15. The van der Waals surface area contributed by atoms with Crippen LogP contribution in [0, 0.1) is 0 Å². The zero-order valence-electron chi connectivity index (χ0n) is 16.1. The van der Waals surface area contributed by atoms with Gasteiger partial charge in [-0.2, -0.15) is 0 Å². The molecule has 2 N–H and O–H groups in total. The minimum absolute atomic E-state index is 0.0445. The molecule has 7 heteroatoms. The van der Waals surface area contributed by atoms with Crippen LogP contribution in [0.3, 0.4) is 0 Å². The van der Waals surface area contributed by atoms with Crippen LogP contribution in [0.15, 0.2) is 67.3 Å². The van der Waals surface area contributed by atoms with Gasteiger partial charge in [-0.1, -0.05) is 23.7 Å². The van der Waals surface area contributed by atoms with Gasteiger partial charge in [0.2, 0.25) is 5.91 Å². The second kappa shape index (κ2) is 9.89. The van der Waals surface area contributed by atoms with Gasteiger partial charge in [0.15, 0.2) is 0 Å². The number of rotatable bonds is 8. The first-order valence-corrected chi connectivity index (χ1v) is 9.82. The third-order valence-electron chi connectivity index (χ3n) is 4.55. The molecule has 2 amide bonds. The van der Waals surface area contributed by atoms with E-state index in [1.54, 1.807) is 36.8 Å². The molecule has 0 saturated heterocycles. The molecule has 3 aromatic rings. The summed E-state index contributed by atoms with van der Waals surface area (Å²) in [6.07, 6.45) is 6.27. The fourth-order valence-electron chi connectivity index (χ4n) is 2.90. The van der Waals surface area contributed by atoms with Crippen LogP contribution in [0.4, 0.5) is 0 Å². The Bertz CT molecular complexity index is 938. The van der Waals surface area contributed by atoms with Crippen LogP contribution in [0.25, 0.3) is 5.69 Å². The minimum atomic E-state index is -0.173. The highest BCUT2D eigenvalue weighted by atomic mass is 35.5. The number of benzene rings is 2. The molecule has 0 fully saturated rings. The van der Waals surface area contributed by atoms with E-state index >= 15 is 0 Å². The lowest BCUT2D eigenvalue weighted by molar-refractivity contribution is -0.121. The van der Waals surface area contributed by atoms with Crippen molar-refractivity contribution in [1.82, 2.24) is 20.2 Å². The maximum Gasteiger partial charge on any atom is 0.251 e. The lowest BCUT2D eigenvalue weighted by atomic mass is 10.1. The normalized spacial score (nSPS) is 11.7. The van der Waals surface area contributed by atoms with Crippen molar-refractivity contribution in [3.63, 3.8) is 0 Å². The summed E-state index contributed by atoms with van der Waals surface area (Å²) < 4.78 is 1.92. The van der Waals surface area contributed by atoms with Crippen LogP contribution in [0.1, 0.15) is 41.7 Å². The molecular weight excluding hydrogens is 388 g/mol. The number of carbonyl (C=O) groups is 2. The Balaban J connectivity index is 1.39. The van der Waals surface area contributed by atoms with E-state index in [9.17, 15) is 9.59 Å². The van der Waals surface area contributed by atoms with Crippen molar-refractivity contribution in [3.8, 4) is 5.69 Å². The highest BCUT2D eigenvalue weighted by Crippen LogP contribution is 2.16. The highest BCUT2D eigenvalue weighted by Gasteiger charge is 2.10. The molecule has 0 aliphatic heterocycles. The Labute approximate surface area is 174 Å². The lowest BCUT2D eigenvalue weighted by Crippen LogP contribution is -2.29. The molecule has 0 spiro atoms. The van der Waals surface area contributed by atoms with Gasteiger partial charge in [-0.15, -0.1) is 0 Å². The molecule has 0 aliphatic rings. The number of nitrogens with zero attached hydrogens (tertiary/aromatic N) is 2. The first-order chi connectivity index (χ1) is 14.0. The van der Waals surface area contributed by atoms with Gasteiger partial charge in [0, 0.05) is 41.6 Å². The summed E-state index contributed by atoms with van der Waals surface area (Å²) in [6.45, 7) is 2.38. The fourth-order valence-corrected chi connectivity index (χ4v) is 3.02. The number of aromatic nitrogens is 2. The Morgan fingerprint density at radius 2 is 1.83 bits per heavy atom. The van der Waals surface area contributed by atoms with Crippen LogP contribution in [0.2, 0.25) is 5.02 Å². The number of hydrogen-bond donors (Lipinski definition) is 2. The molecule has 1 unspecified atom stereocenters. The molecule has 0 bridgehead atoms. The van der Waals surface area contributed by atoms with Gasteiger partial charge < -0.3 is 15.2 Å². The Kier molecular flexibility index (Phi) is 7.03. The summed E-state index contributed by atoms with van der Waals surface area (Å²) in [7, 11) is 0. The quantitative estimate of drug-likeness (QED) is 0.553. The van der Waals surface area contributed by atoms with Crippen molar-refractivity contribution in [2.45, 2.75) is 25.8 Å². The molecule has 1 heterocycles. The van der Waals surface area contributed by atoms with Crippen molar-refractivity contribution >= 4 is 23.4 Å². The second-order valence-electron chi connectivity index (χ2n) is 6.72. The summed E-state index contributed by atoms with van der Waals surface area (Å²) in [6, 6.07) is 14.6. The van der Waals surface area contributed by atoms with E-state index in [1.165, 1.54) is 0 Å². The summed E-state index contributed by atoms with van der Waals surface area (Å²) in [4.78, 5) is 28.2. The topological polar surface area (TPSA) is 76.0 Å². The monoisotopic (exact) mass is 410 g/mol. The minimum Gasteiger partial charge on any atom is -0.352 e. The van der Waals surface area contributed by atoms with E-state index in [0.29, 0.717) is 30.0 Å². The van der Waals surface area contributed by atoms with Gasteiger partial charge in [0.25, 0.3) is 5.91 Å². The third kappa shape index (κ3) is 5.93. The van der Waals surface area contributed by atoms with Crippen molar-refractivity contribution < 1.29 is 9.59 Å². The first-order valence-electron chi connectivity index (χ1n) is 9.44. The number of nitrogens with one attached hydrogen (secondary N) is 2. The van der Waals surface area contributed by atoms with Gasteiger partial charge in [-0.3, -0.25) is 9.59 Å². The first kappa shape index (κ1) is 20.6. The number of halogens is 1. The van der Waals surface area contributed by atoms with E-state index in [0.717, 1.165) is 11.3 Å². The average Bonchev–Trinajstić information content (AvgIpc) is 3.26. The van der Waals surface area contributed by atoms with Crippen molar-refractivity contribution in [3.05, 3.63) is 83.4 Å². The molecule has 150 valence electrons. The van der Waals surface area contributed by atoms with E-state index in [4.69, 9.17) is 11.6 Å². The van der Waals surface area contributed by atoms with E-state index in [-0.39, 0.29) is 17.9 Å². The predicted molar refractivity (Wildman–Crippen MR) is 113 cm³/mol. The Morgan fingerprint density at radius 1 is 1.10 bits per heavy atom. The van der Waals surface area contributed by atoms with Crippen LogP contribution >= 0.6 is 11.6 Å². The Morgan fingerprint density at radius 3 is 2.48 bits per heavy atom. The molecule has 1 atom stereocenters. The van der Waals surface area contributed by atoms with Crippen LogP contribution in [-0.2, 0) is 4.79 Å². The smallest absolute Gasteiger partial charge is 0.251 e. The van der Waals surface area contributed by atoms with Crippen molar-refractivity contribution in [1.29, 1.82) is 0 Å². The lowest BCUT2D eigenvalue weighted by Gasteiger charge is -2.15. The molecule has 2 aromatic carbocycles. The van der Waals surface area contributed by atoms with E-state index in [1.807, 2.05) is 42.0 Å². The molecule has 3 rings (SSSR count). The zero-order chi connectivity index (χ0) is 20.6. The van der Waals surface area contributed by atoms with E-state index in [2.05, 4.69) is 15.6 Å². The van der Waals surface area contributed by atoms with Crippen molar-refractivity contribution in [2.75, 3.05) is 6.54 Å². The van der Waals surface area contributed by atoms with Crippen LogP contribution in [-0.4, -0.2) is 27.9 Å². The van der Waals surface area contributed by atoms with Crippen molar-refractivity contribution in [2.24, 2.45) is 0 Å².